The number of aromatic nitrogens is 1. The molecule has 3 aromatic rings. The van der Waals surface area contributed by atoms with E-state index < -0.39 is 0 Å². The van der Waals surface area contributed by atoms with E-state index in [9.17, 15) is 4.79 Å². The van der Waals surface area contributed by atoms with Crippen LogP contribution >= 0.6 is 11.3 Å². The molecule has 1 aromatic carbocycles. The van der Waals surface area contributed by atoms with E-state index in [2.05, 4.69) is 28.7 Å². The topological polar surface area (TPSA) is 64.4 Å². The van der Waals surface area contributed by atoms with Gasteiger partial charge >= 0.3 is 0 Å². The molecule has 0 fully saturated rings. The summed E-state index contributed by atoms with van der Waals surface area (Å²) in [5.41, 5.74) is 3.24. The van der Waals surface area contributed by atoms with E-state index in [0.717, 1.165) is 29.9 Å². The van der Waals surface area contributed by atoms with Crippen LogP contribution in [0.4, 0.5) is 0 Å². The Morgan fingerprint density at radius 3 is 3.12 bits per heavy atom. The minimum Gasteiger partial charge on any atom is -0.365 e. The second kappa shape index (κ2) is 7.85. The zero-order valence-electron chi connectivity index (χ0n) is 14.3. The number of ether oxygens (including phenoxy) is 1. The zero-order valence-corrected chi connectivity index (χ0v) is 15.1. The summed E-state index contributed by atoms with van der Waals surface area (Å²) >= 11 is 1.59. The van der Waals surface area contributed by atoms with Crippen LogP contribution in [-0.4, -0.2) is 17.7 Å². The van der Waals surface area contributed by atoms with Crippen molar-refractivity contribution in [2.45, 2.75) is 31.9 Å². The summed E-state index contributed by atoms with van der Waals surface area (Å²) in [5.74, 6) is 0.621. The molecule has 1 N–H and O–H groups in total. The van der Waals surface area contributed by atoms with E-state index in [1.54, 1.807) is 11.3 Å². The first-order valence-corrected chi connectivity index (χ1v) is 9.62. The molecule has 0 saturated heterocycles. The third-order valence-corrected chi connectivity index (χ3v) is 5.40. The molecule has 2 aromatic heterocycles. The van der Waals surface area contributed by atoms with Crippen molar-refractivity contribution in [2.75, 3.05) is 6.61 Å². The zero-order chi connectivity index (χ0) is 17.8. The van der Waals surface area contributed by atoms with E-state index in [1.165, 1.54) is 11.1 Å². The Hall–Kier alpha value is -2.44. The van der Waals surface area contributed by atoms with Crippen LogP contribution < -0.4 is 5.32 Å². The van der Waals surface area contributed by atoms with Gasteiger partial charge in [-0.05, 0) is 41.8 Å². The smallest absolute Gasteiger partial charge is 0.246 e. The number of fused-ring (bicyclic) bond motifs is 1. The number of hydrogen-bond acceptors (Lipinski definition) is 5. The summed E-state index contributed by atoms with van der Waals surface area (Å²) < 4.78 is 10.8. The highest BCUT2D eigenvalue weighted by molar-refractivity contribution is 7.13. The fourth-order valence-electron chi connectivity index (χ4n) is 3.30. The van der Waals surface area contributed by atoms with E-state index in [0.29, 0.717) is 5.69 Å². The minimum atomic E-state index is -0.103. The Morgan fingerprint density at radius 1 is 1.31 bits per heavy atom. The van der Waals surface area contributed by atoms with Gasteiger partial charge in [0.15, 0.2) is 5.76 Å². The van der Waals surface area contributed by atoms with Crippen LogP contribution in [0, 0.1) is 0 Å². The van der Waals surface area contributed by atoms with Crippen molar-refractivity contribution in [2.24, 2.45) is 0 Å². The summed E-state index contributed by atoms with van der Waals surface area (Å²) in [6.07, 6.45) is 3.14. The molecule has 0 radical (unpaired) electrons. The molecule has 0 spiro atoms. The lowest BCUT2D eigenvalue weighted by Gasteiger charge is -2.26. The Labute approximate surface area is 156 Å². The van der Waals surface area contributed by atoms with Crippen molar-refractivity contribution < 1.29 is 14.1 Å². The molecule has 4 rings (SSSR count). The van der Waals surface area contributed by atoms with Gasteiger partial charge in [-0.3, -0.25) is 4.79 Å². The predicted molar refractivity (Wildman–Crippen MR) is 99.7 cm³/mol. The number of carbonyl (C=O) groups is 1. The van der Waals surface area contributed by atoms with Gasteiger partial charge in [-0.2, -0.15) is 0 Å². The van der Waals surface area contributed by atoms with Gasteiger partial charge in [0.25, 0.3) is 0 Å². The first-order valence-electron chi connectivity index (χ1n) is 8.74. The quantitative estimate of drug-likeness (QED) is 0.711. The lowest BCUT2D eigenvalue weighted by atomic mass is 9.88. The summed E-state index contributed by atoms with van der Waals surface area (Å²) in [7, 11) is 0. The normalized spacial score (nSPS) is 16.2. The van der Waals surface area contributed by atoms with E-state index in [-0.39, 0.29) is 25.2 Å². The second-order valence-electron chi connectivity index (χ2n) is 6.36. The number of hydrogen-bond donors (Lipinski definition) is 1. The third kappa shape index (κ3) is 3.86. The highest BCUT2D eigenvalue weighted by atomic mass is 32.1. The van der Waals surface area contributed by atoms with Crippen LogP contribution in [0.5, 0.6) is 0 Å². The van der Waals surface area contributed by atoms with Crippen molar-refractivity contribution in [3.05, 3.63) is 64.7 Å². The maximum absolute atomic E-state index is 12.2. The van der Waals surface area contributed by atoms with E-state index >= 15 is 0 Å². The van der Waals surface area contributed by atoms with Crippen molar-refractivity contribution in [1.29, 1.82) is 0 Å². The molecule has 2 heterocycles. The van der Waals surface area contributed by atoms with Crippen LogP contribution in [0.2, 0.25) is 0 Å². The maximum atomic E-state index is 12.2. The molecule has 0 aliphatic heterocycles. The molecule has 0 unspecified atom stereocenters. The average Bonchev–Trinajstić information content (AvgIpc) is 3.34. The molecule has 5 nitrogen and oxygen atoms in total. The fourth-order valence-corrected chi connectivity index (χ4v) is 3.98. The first kappa shape index (κ1) is 17.0. The number of benzene rings is 1. The highest BCUT2D eigenvalue weighted by Gasteiger charge is 2.21. The Morgan fingerprint density at radius 2 is 2.23 bits per heavy atom. The van der Waals surface area contributed by atoms with E-state index in [1.807, 2.05) is 29.6 Å². The average molecular weight is 368 g/mol. The molecule has 134 valence electrons. The molecular weight excluding hydrogens is 348 g/mol. The number of aryl methyl sites for hydroxylation is 1. The van der Waals surface area contributed by atoms with Crippen molar-refractivity contribution in [1.82, 2.24) is 10.5 Å². The molecule has 1 aliphatic carbocycles. The monoisotopic (exact) mass is 368 g/mol. The Bertz CT molecular complexity index is 873. The molecule has 0 bridgehead atoms. The van der Waals surface area contributed by atoms with Gasteiger partial charge in [0.2, 0.25) is 5.91 Å². The first-order chi connectivity index (χ1) is 12.8. The number of rotatable bonds is 6. The SMILES string of the molecule is O=C(COCc1cc(-c2cccs2)on1)N[C@@H]1CCCc2ccccc21. The molecular formula is C20H20N2O3S. The van der Waals surface area contributed by atoms with Crippen molar-refractivity contribution in [3.63, 3.8) is 0 Å². The molecule has 1 atom stereocenters. The standard InChI is InChI=1S/C20H20N2O3S/c23-20(21-17-8-3-6-14-5-1-2-7-16(14)17)13-24-12-15-11-18(25-22-15)19-9-4-10-26-19/h1-2,4-5,7,9-11,17H,3,6,8,12-13H2,(H,21,23)/t17-/m1/s1. The molecule has 1 aliphatic rings. The van der Waals surface area contributed by atoms with Crippen LogP contribution in [0.15, 0.2) is 52.4 Å². The summed E-state index contributed by atoms with van der Waals surface area (Å²) in [6, 6.07) is 14.2. The van der Waals surface area contributed by atoms with Crippen LogP contribution in [0.3, 0.4) is 0 Å². The van der Waals surface area contributed by atoms with Gasteiger partial charge in [0, 0.05) is 6.07 Å². The number of amides is 1. The lowest BCUT2D eigenvalue weighted by molar-refractivity contribution is -0.127. The number of thiophene rings is 1. The van der Waals surface area contributed by atoms with Crippen molar-refractivity contribution in [3.8, 4) is 10.6 Å². The fraction of sp³-hybridized carbons (Fsp3) is 0.300. The van der Waals surface area contributed by atoms with Gasteiger partial charge in [0.05, 0.1) is 17.5 Å². The Kier molecular flexibility index (Phi) is 5.13. The van der Waals surface area contributed by atoms with Crippen LogP contribution in [0.1, 0.15) is 35.7 Å². The van der Waals surface area contributed by atoms with Crippen LogP contribution in [0.25, 0.3) is 10.6 Å². The lowest BCUT2D eigenvalue weighted by Crippen LogP contribution is -2.33. The van der Waals surface area contributed by atoms with Gasteiger partial charge in [-0.1, -0.05) is 35.5 Å². The molecule has 6 heteroatoms. The van der Waals surface area contributed by atoms with Crippen molar-refractivity contribution >= 4 is 17.2 Å². The van der Waals surface area contributed by atoms with Crippen LogP contribution in [-0.2, 0) is 22.6 Å². The third-order valence-electron chi connectivity index (χ3n) is 4.51. The van der Waals surface area contributed by atoms with Gasteiger partial charge in [0.1, 0.15) is 12.3 Å². The largest absolute Gasteiger partial charge is 0.365 e. The molecule has 1 amide bonds. The predicted octanol–water partition coefficient (Wildman–Crippen LogP) is 4.11. The highest BCUT2D eigenvalue weighted by Crippen LogP contribution is 2.29. The number of carbonyl (C=O) groups excluding carboxylic acids is 1. The summed E-state index contributed by atoms with van der Waals surface area (Å²) in [6.45, 7) is 0.267. The second-order valence-corrected chi connectivity index (χ2v) is 7.31. The number of nitrogens with zero attached hydrogens (tertiary/aromatic N) is 1. The van der Waals surface area contributed by atoms with Gasteiger partial charge in [-0.15, -0.1) is 11.3 Å². The van der Waals surface area contributed by atoms with E-state index in [4.69, 9.17) is 9.26 Å². The molecule has 26 heavy (non-hydrogen) atoms. The van der Waals surface area contributed by atoms with Gasteiger partial charge in [-0.25, -0.2) is 0 Å². The maximum Gasteiger partial charge on any atom is 0.246 e. The molecule has 0 saturated carbocycles. The summed E-state index contributed by atoms with van der Waals surface area (Å²) in [5, 5.41) is 9.06. The number of nitrogens with one attached hydrogen (secondary N) is 1. The Balaban J connectivity index is 1.27. The summed E-state index contributed by atoms with van der Waals surface area (Å²) in [4.78, 5) is 13.3. The minimum absolute atomic E-state index is 0.0138. The van der Waals surface area contributed by atoms with Gasteiger partial charge < -0.3 is 14.6 Å².